The maximum atomic E-state index is 6.20. The summed E-state index contributed by atoms with van der Waals surface area (Å²) in [5.74, 6) is 0. The molecule has 0 aliphatic heterocycles. The van der Waals surface area contributed by atoms with Gasteiger partial charge in [-0.25, -0.2) is 4.98 Å². The van der Waals surface area contributed by atoms with Crippen molar-refractivity contribution in [3.63, 3.8) is 0 Å². The molecule has 0 unspecified atom stereocenters. The third kappa shape index (κ3) is 3.54. The first-order valence-corrected chi connectivity index (χ1v) is 7.83. The van der Waals surface area contributed by atoms with Crippen LogP contribution in [0, 0.1) is 0 Å². The topological polar surface area (TPSA) is 38.9 Å². The van der Waals surface area contributed by atoms with Gasteiger partial charge in [0.15, 0.2) is 5.13 Å². The lowest BCUT2D eigenvalue weighted by Crippen LogP contribution is -1.94. The summed E-state index contributed by atoms with van der Waals surface area (Å²) in [7, 11) is 0. The van der Waals surface area contributed by atoms with Gasteiger partial charge in [-0.15, -0.1) is 11.3 Å². The second-order valence-electron chi connectivity index (χ2n) is 4.20. The number of aryl methyl sites for hydroxylation is 1. The fourth-order valence-electron chi connectivity index (χ4n) is 1.88. The normalized spacial score (nSPS) is 10.9. The highest BCUT2D eigenvalue weighted by Crippen LogP contribution is 2.33. The van der Waals surface area contributed by atoms with Crippen molar-refractivity contribution in [2.45, 2.75) is 26.2 Å². The van der Waals surface area contributed by atoms with Crippen LogP contribution in [0.4, 0.5) is 5.13 Å². The van der Waals surface area contributed by atoms with Gasteiger partial charge in [0.05, 0.1) is 5.69 Å². The van der Waals surface area contributed by atoms with Crippen LogP contribution in [0.1, 0.15) is 29.5 Å². The highest BCUT2D eigenvalue weighted by molar-refractivity contribution is 7.15. The number of benzene rings is 1. The highest BCUT2D eigenvalue weighted by Gasteiger charge is 2.14. The number of hydrogen-bond acceptors (Lipinski definition) is 3. The molecule has 19 heavy (non-hydrogen) atoms. The van der Waals surface area contributed by atoms with Crippen LogP contribution in [0.5, 0.6) is 0 Å². The van der Waals surface area contributed by atoms with Crippen LogP contribution in [0.25, 0.3) is 0 Å². The number of hydrogen-bond donors (Lipinski definition) is 1. The van der Waals surface area contributed by atoms with Crippen LogP contribution in [0.15, 0.2) is 12.1 Å². The van der Waals surface area contributed by atoms with Crippen molar-refractivity contribution >= 4 is 51.3 Å². The first kappa shape index (κ1) is 14.9. The number of thiazole rings is 1. The molecule has 2 rings (SSSR count). The van der Waals surface area contributed by atoms with Gasteiger partial charge in [-0.1, -0.05) is 48.1 Å². The zero-order chi connectivity index (χ0) is 14.0. The summed E-state index contributed by atoms with van der Waals surface area (Å²) in [5, 5.41) is 2.27. The minimum atomic E-state index is 0.538. The molecule has 0 saturated carbocycles. The fourth-order valence-corrected chi connectivity index (χ4v) is 3.72. The Morgan fingerprint density at radius 2 is 1.84 bits per heavy atom. The van der Waals surface area contributed by atoms with E-state index in [0.717, 1.165) is 29.0 Å². The second kappa shape index (κ2) is 6.31. The van der Waals surface area contributed by atoms with E-state index in [-0.39, 0.29) is 0 Å². The van der Waals surface area contributed by atoms with Crippen molar-refractivity contribution < 1.29 is 0 Å². The standard InChI is InChI=1S/C13H13Cl3N2S/c1-2-3-11-12(19-13(17)18-11)6-8-9(15)4-7(14)5-10(8)16/h4-5H,2-3,6H2,1H3,(H2,17,18). The van der Waals surface area contributed by atoms with E-state index in [4.69, 9.17) is 40.5 Å². The van der Waals surface area contributed by atoms with E-state index in [1.54, 1.807) is 12.1 Å². The largest absolute Gasteiger partial charge is 0.375 e. The predicted octanol–water partition coefficient (Wildman–Crippen LogP) is 5.23. The Hall–Kier alpha value is -0.480. The first-order chi connectivity index (χ1) is 9.01. The van der Waals surface area contributed by atoms with Crippen LogP contribution >= 0.6 is 46.1 Å². The molecular formula is C13H13Cl3N2S. The maximum Gasteiger partial charge on any atom is 0.180 e. The molecule has 2 nitrogen and oxygen atoms in total. The average Bonchev–Trinajstić information content (AvgIpc) is 2.64. The maximum absolute atomic E-state index is 6.20. The van der Waals surface area contributed by atoms with Crippen LogP contribution < -0.4 is 5.73 Å². The molecule has 102 valence electrons. The van der Waals surface area contributed by atoms with Crippen molar-refractivity contribution in [3.8, 4) is 0 Å². The number of aromatic nitrogens is 1. The SMILES string of the molecule is CCCc1nc(N)sc1Cc1c(Cl)cc(Cl)cc1Cl. The van der Waals surface area contributed by atoms with Gasteiger partial charge in [0.2, 0.25) is 0 Å². The Labute approximate surface area is 131 Å². The molecule has 1 aromatic carbocycles. The zero-order valence-corrected chi connectivity index (χ0v) is 13.4. The Morgan fingerprint density at radius 3 is 2.42 bits per heavy atom. The summed E-state index contributed by atoms with van der Waals surface area (Å²) in [4.78, 5) is 5.47. The molecule has 0 saturated heterocycles. The molecule has 0 atom stereocenters. The van der Waals surface area contributed by atoms with Gasteiger partial charge in [-0.05, 0) is 24.1 Å². The van der Waals surface area contributed by atoms with E-state index in [1.165, 1.54) is 11.3 Å². The van der Waals surface area contributed by atoms with Crippen LogP contribution in [-0.4, -0.2) is 4.98 Å². The molecule has 1 heterocycles. The molecule has 0 fully saturated rings. The minimum absolute atomic E-state index is 0.538. The molecule has 0 aliphatic carbocycles. The lowest BCUT2D eigenvalue weighted by Gasteiger charge is -2.07. The number of anilines is 1. The minimum Gasteiger partial charge on any atom is -0.375 e. The number of nitrogens with zero attached hydrogens (tertiary/aromatic N) is 1. The molecule has 6 heteroatoms. The van der Waals surface area contributed by atoms with E-state index in [9.17, 15) is 0 Å². The van der Waals surface area contributed by atoms with Gasteiger partial charge in [0, 0.05) is 26.4 Å². The quantitative estimate of drug-likeness (QED) is 0.831. The second-order valence-corrected chi connectivity index (χ2v) is 6.56. The van der Waals surface area contributed by atoms with E-state index in [2.05, 4.69) is 11.9 Å². The molecule has 2 aromatic rings. The highest BCUT2D eigenvalue weighted by atomic mass is 35.5. The van der Waals surface area contributed by atoms with Gasteiger partial charge in [-0.3, -0.25) is 0 Å². The summed E-state index contributed by atoms with van der Waals surface area (Å²) in [5.41, 5.74) is 7.69. The molecular weight excluding hydrogens is 323 g/mol. The molecule has 0 aliphatic rings. The molecule has 0 spiro atoms. The number of halogens is 3. The third-order valence-electron chi connectivity index (χ3n) is 2.72. The Balaban J connectivity index is 2.36. The van der Waals surface area contributed by atoms with Gasteiger partial charge in [0.1, 0.15) is 0 Å². The lowest BCUT2D eigenvalue weighted by molar-refractivity contribution is 0.879. The van der Waals surface area contributed by atoms with Crippen molar-refractivity contribution in [3.05, 3.63) is 43.3 Å². The summed E-state index contributed by atoms with van der Waals surface area (Å²) >= 11 is 19.8. The third-order valence-corrected chi connectivity index (χ3v) is 4.54. The van der Waals surface area contributed by atoms with Crippen LogP contribution in [-0.2, 0) is 12.8 Å². The molecule has 0 bridgehead atoms. The summed E-state index contributed by atoms with van der Waals surface area (Å²) < 4.78 is 0. The van der Waals surface area contributed by atoms with Gasteiger partial charge < -0.3 is 5.73 Å². The lowest BCUT2D eigenvalue weighted by atomic mass is 10.1. The average molecular weight is 336 g/mol. The van der Waals surface area contributed by atoms with Gasteiger partial charge in [0.25, 0.3) is 0 Å². The molecule has 2 N–H and O–H groups in total. The van der Waals surface area contributed by atoms with E-state index >= 15 is 0 Å². The Kier molecular flexibility index (Phi) is 4.96. The van der Waals surface area contributed by atoms with E-state index < -0.39 is 0 Å². The van der Waals surface area contributed by atoms with Crippen molar-refractivity contribution in [2.24, 2.45) is 0 Å². The number of nitrogens with two attached hydrogens (primary N) is 1. The predicted molar refractivity (Wildman–Crippen MR) is 84.8 cm³/mol. The first-order valence-electron chi connectivity index (χ1n) is 5.88. The van der Waals surface area contributed by atoms with E-state index in [1.807, 2.05) is 0 Å². The summed E-state index contributed by atoms with van der Waals surface area (Å²) in [6.07, 6.45) is 2.57. The summed E-state index contributed by atoms with van der Waals surface area (Å²) in [6, 6.07) is 3.41. The van der Waals surface area contributed by atoms with Gasteiger partial charge in [-0.2, -0.15) is 0 Å². The molecule has 0 radical (unpaired) electrons. The summed E-state index contributed by atoms with van der Waals surface area (Å²) in [6.45, 7) is 2.11. The van der Waals surface area contributed by atoms with Crippen molar-refractivity contribution in [2.75, 3.05) is 5.73 Å². The Morgan fingerprint density at radius 1 is 1.21 bits per heavy atom. The van der Waals surface area contributed by atoms with Crippen molar-refractivity contribution in [1.82, 2.24) is 4.98 Å². The van der Waals surface area contributed by atoms with E-state index in [0.29, 0.717) is 26.6 Å². The number of nitrogen functional groups attached to an aromatic ring is 1. The monoisotopic (exact) mass is 334 g/mol. The zero-order valence-electron chi connectivity index (χ0n) is 10.3. The molecule has 0 amide bonds. The smallest absolute Gasteiger partial charge is 0.180 e. The molecule has 1 aromatic heterocycles. The van der Waals surface area contributed by atoms with Crippen LogP contribution in [0.2, 0.25) is 15.1 Å². The van der Waals surface area contributed by atoms with Crippen molar-refractivity contribution in [1.29, 1.82) is 0 Å². The van der Waals surface area contributed by atoms with Gasteiger partial charge >= 0.3 is 0 Å². The van der Waals surface area contributed by atoms with Crippen LogP contribution in [0.3, 0.4) is 0 Å². The fraction of sp³-hybridized carbons (Fsp3) is 0.308. The number of rotatable bonds is 4. The Bertz CT molecular complexity index is 573.